The fourth-order valence-electron chi connectivity index (χ4n) is 1.65. The standard InChI is InChI=1S/C12H14FNS/c1-3-14-8(2)12-7-9-6-10(13)4-5-11(9)15-12/h4-8,14H,3H2,1-2H3. The minimum atomic E-state index is -0.164. The molecule has 1 heterocycles. The van der Waals surface area contributed by atoms with Crippen LogP contribution in [-0.2, 0) is 0 Å². The van der Waals surface area contributed by atoms with Crippen molar-refractivity contribution in [3.8, 4) is 0 Å². The fraction of sp³-hybridized carbons (Fsp3) is 0.333. The second-order valence-electron chi connectivity index (χ2n) is 3.61. The van der Waals surface area contributed by atoms with Gasteiger partial charge in [0.15, 0.2) is 0 Å². The maximum Gasteiger partial charge on any atom is 0.123 e. The van der Waals surface area contributed by atoms with Crippen LogP contribution in [0.2, 0.25) is 0 Å². The van der Waals surface area contributed by atoms with E-state index in [9.17, 15) is 4.39 Å². The molecule has 0 bridgehead atoms. The number of rotatable bonds is 3. The molecule has 1 N–H and O–H groups in total. The van der Waals surface area contributed by atoms with E-state index in [0.29, 0.717) is 6.04 Å². The molecule has 1 nitrogen and oxygen atoms in total. The molecule has 0 radical (unpaired) electrons. The highest BCUT2D eigenvalue weighted by Gasteiger charge is 2.08. The molecule has 0 saturated heterocycles. The molecule has 1 aromatic heterocycles. The smallest absolute Gasteiger partial charge is 0.123 e. The van der Waals surface area contributed by atoms with E-state index in [1.165, 1.54) is 10.9 Å². The van der Waals surface area contributed by atoms with Crippen LogP contribution in [0.1, 0.15) is 24.8 Å². The van der Waals surface area contributed by atoms with Crippen molar-refractivity contribution in [2.24, 2.45) is 0 Å². The molecular formula is C12H14FNS. The Bertz CT molecular complexity index is 464. The van der Waals surface area contributed by atoms with Crippen LogP contribution >= 0.6 is 11.3 Å². The summed E-state index contributed by atoms with van der Waals surface area (Å²) in [5, 5.41) is 4.35. The molecule has 0 spiro atoms. The quantitative estimate of drug-likeness (QED) is 0.836. The fourth-order valence-corrected chi connectivity index (χ4v) is 2.73. The highest BCUT2D eigenvalue weighted by atomic mass is 32.1. The van der Waals surface area contributed by atoms with Crippen LogP contribution < -0.4 is 5.32 Å². The molecule has 1 unspecified atom stereocenters. The second kappa shape index (κ2) is 4.29. The Morgan fingerprint density at radius 3 is 2.93 bits per heavy atom. The first kappa shape index (κ1) is 10.6. The van der Waals surface area contributed by atoms with Crippen LogP contribution in [0, 0.1) is 5.82 Å². The van der Waals surface area contributed by atoms with Gasteiger partial charge in [0.1, 0.15) is 5.82 Å². The van der Waals surface area contributed by atoms with Gasteiger partial charge in [-0.25, -0.2) is 4.39 Å². The monoisotopic (exact) mass is 223 g/mol. The third-order valence-corrected chi connectivity index (χ3v) is 3.73. The van der Waals surface area contributed by atoms with Gasteiger partial charge < -0.3 is 5.32 Å². The van der Waals surface area contributed by atoms with Crippen LogP contribution in [0.5, 0.6) is 0 Å². The summed E-state index contributed by atoms with van der Waals surface area (Å²) < 4.78 is 14.1. The predicted octanol–water partition coefficient (Wildman–Crippen LogP) is 3.71. The van der Waals surface area contributed by atoms with E-state index >= 15 is 0 Å². The molecule has 2 aromatic rings. The summed E-state index contributed by atoms with van der Waals surface area (Å²) in [7, 11) is 0. The molecule has 3 heteroatoms. The first-order valence-corrected chi connectivity index (χ1v) is 5.94. The molecule has 2 rings (SSSR count). The number of hydrogen-bond acceptors (Lipinski definition) is 2. The van der Waals surface area contributed by atoms with E-state index in [4.69, 9.17) is 0 Å². The summed E-state index contributed by atoms with van der Waals surface area (Å²) in [5.41, 5.74) is 0. The van der Waals surface area contributed by atoms with Crippen LogP contribution in [0.15, 0.2) is 24.3 Å². The Kier molecular flexibility index (Phi) is 3.03. The maximum atomic E-state index is 13.0. The van der Waals surface area contributed by atoms with Gasteiger partial charge in [0.25, 0.3) is 0 Å². The highest BCUT2D eigenvalue weighted by molar-refractivity contribution is 7.19. The van der Waals surface area contributed by atoms with E-state index in [2.05, 4.69) is 25.2 Å². The van der Waals surface area contributed by atoms with Crippen molar-refractivity contribution in [3.05, 3.63) is 35.0 Å². The Morgan fingerprint density at radius 1 is 1.40 bits per heavy atom. The number of thiophene rings is 1. The van der Waals surface area contributed by atoms with Gasteiger partial charge in [0.05, 0.1) is 0 Å². The molecule has 0 amide bonds. The highest BCUT2D eigenvalue weighted by Crippen LogP contribution is 2.30. The number of halogens is 1. The topological polar surface area (TPSA) is 12.0 Å². The zero-order valence-corrected chi connectivity index (χ0v) is 9.70. The zero-order chi connectivity index (χ0) is 10.8. The van der Waals surface area contributed by atoms with Gasteiger partial charge in [-0.2, -0.15) is 0 Å². The number of benzene rings is 1. The van der Waals surface area contributed by atoms with Crippen molar-refractivity contribution in [1.82, 2.24) is 5.32 Å². The Balaban J connectivity index is 2.38. The van der Waals surface area contributed by atoms with E-state index in [1.807, 2.05) is 6.07 Å². The average Bonchev–Trinajstić information content (AvgIpc) is 2.60. The summed E-state index contributed by atoms with van der Waals surface area (Å²) in [6.07, 6.45) is 0. The molecule has 0 aliphatic carbocycles. The summed E-state index contributed by atoms with van der Waals surface area (Å²) in [4.78, 5) is 1.26. The molecule has 1 aromatic carbocycles. The van der Waals surface area contributed by atoms with E-state index in [-0.39, 0.29) is 5.82 Å². The third kappa shape index (κ3) is 2.19. The minimum absolute atomic E-state index is 0.164. The summed E-state index contributed by atoms with van der Waals surface area (Å²) in [6, 6.07) is 7.36. The number of nitrogens with one attached hydrogen (secondary N) is 1. The van der Waals surface area contributed by atoms with Gasteiger partial charge in [-0.3, -0.25) is 0 Å². The van der Waals surface area contributed by atoms with E-state index in [0.717, 1.165) is 16.6 Å². The number of hydrogen-bond donors (Lipinski definition) is 1. The normalized spacial score (nSPS) is 13.3. The van der Waals surface area contributed by atoms with Crippen LogP contribution in [-0.4, -0.2) is 6.54 Å². The Hall–Kier alpha value is -0.930. The van der Waals surface area contributed by atoms with E-state index in [1.54, 1.807) is 17.4 Å². The lowest BCUT2D eigenvalue weighted by molar-refractivity contribution is 0.607. The first-order valence-electron chi connectivity index (χ1n) is 5.13. The minimum Gasteiger partial charge on any atom is -0.310 e. The lowest BCUT2D eigenvalue weighted by atomic mass is 10.2. The summed E-state index contributed by atoms with van der Waals surface area (Å²) >= 11 is 1.72. The van der Waals surface area contributed by atoms with Crippen molar-refractivity contribution in [2.45, 2.75) is 19.9 Å². The van der Waals surface area contributed by atoms with Gasteiger partial charge in [-0.05, 0) is 43.1 Å². The first-order chi connectivity index (χ1) is 7.20. The van der Waals surface area contributed by atoms with Crippen LogP contribution in [0.25, 0.3) is 10.1 Å². The molecule has 0 saturated carbocycles. The molecule has 0 aliphatic heterocycles. The van der Waals surface area contributed by atoms with Gasteiger partial charge in [-0.1, -0.05) is 6.92 Å². The Labute approximate surface area is 92.9 Å². The second-order valence-corrected chi connectivity index (χ2v) is 4.73. The van der Waals surface area contributed by atoms with Gasteiger partial charge in [0.2, 0.25) is 0 Å². The van der Waals surface area contributed by atoms with Crippen LogP contribution in [0.4, 0.5) is 4.39 Å². The maximum absolute atomic E-state index is 13.0. The van der Waals surface area contributed by atoms with Crippen molar-refractivity contribution in [3.63, 3.8) is 0 Å². The summed E-state index contributed by atoms with van der Waals surface area (Å²) in [6.45, 7) is 5.16. The average molecular weight is 223 g/mol. The SMILES string of the molecule is CCNC(C)c1cc2cc(F)ccc2s1. The zero-order valence-electron chi connectivity index (χ0n) is 8.88. The predicted molar refractivity (Wildman–Crippen MR) is 63.9 cm³/mol. The van der Waals surface area contributed by atoms with Crippen molar-refractivity contribution in [1.29, 1.82) is 0 Å². The molecule has 0 aliphatic rings. The third-order valence-electron chi connectivity index (χ3n) is 2.43. The van der Waals surface area contributed by atoms with E-state index < -0.39 is 0 Å². The van der Waals surface area contributed by atoms with Gasteiger partial charge >= 0.3 is 0 Å². The largest absolute Gasteiger partial charge is 0.310 e. The summed E-state index contributed by atoms with van der Waals surface area (Å²) in [5.74, 6) is -0.164. The molecular weight excluding hydrogens is 209 g/mol. The van der Waals surface area contributed by atoms with Crippen molar-refractivity contribution >= 4 is 21.4 Å². The van der Waals surface area contributed by atoms with Crippen molar-refractivity contribution in [2.75, 3.05) is 6.54 Å². The lowest BCUT2D eigenvalue weighted by Crippen LogP contribution is -2.16. The van der Waals surface area contributed by atoms with Gasteiger partial charge in [-0.15, -0.1) is 11.3 Å². The molecule has 80 valence electrons. The van der Waals surface area contributed by atoms with Gasteiger partial charge in [0, 0.05) is 15.6 Å². The number of fused-ring (bicyclic) bond motifs is 1. The molecule has 0 fully saturated rings. The van der Waals surface area contributed by atoms with Crippen LogP contribution in [0.3, 0.4) is 0 Å². The lowest BCUT2D eigenvalue weighted by Gasteiger charge is -2.08. The molecule has 15 heavy (non-hydrogen) atoms. The molecule has 1 atom stereocenters. The van der Waals surface area contributed by atoms with Crippen molar-refractivity contribution < 1.29 is 4.39 Å². The Morgan fingerprint density at radius 2 is 2.20 bits per heavy atom.